The number of nitrogens with zero attached hydrogens (tertiary/aromatic N) is 1. The van der Waals surface area contributed by atoms with Crippen molar-refractivity contribution < 1.29 is 14.4 Å². The molecule has 1 heterocycles. The summed E-state index contributed by atoms with van der Waals surface area (Å²) in [4.78, 5) is 35.1. The smallest absolute Gasteiger partial charge is 0.318 e. The van der Waals surface area contributed by atoms with Crippen LogP contribution in [0, 0.1) is 0 Å². The third kappa shape index (κ3) is 1.93. The van der Waals surface area contributed by atoms with Gasteiger partial charge in [0.2, 0.25) is 5.91 Å². The molecule has 1 fully saturated rings. The molecule has 0 aromatic rings. The Morgan fingerprint density at radius 3 is 2.93 bits per heavy atom. The minimum absolute atomic E-state index is 0.00620. The molecule has 1 atom stereocenters. The first-order valence-electron chi connectivity index (χ1n) is 4.77. The van der Waals surface area contributed by atoms with Crippen molar-refractivity contribution >= 4 is 18.2 Å². The molecule has 2 N–H and O–H groups in total. The molecular weight excluding hydrogens is 198 g/mol. The Hall–Kier alpha value is -1.59. The average Bonchev–Trinajstić information content (AvgIpc) is 2.22. The van der Waals surface area contributed by atoms with E-state index in [1.165, 1.54) is 11.9 Å². The number of urea groups is 1. The van der Waals surface area contributed by atoms with Gasteiger partial charge in [0.1, 0.15) is 11.8 Å². The molecule has 6 heteroatoms. The molecule has 0 spiro atoms. The fourth-order valence-electron chi connectivity index (χ4n) is 1.67. The molecule has 6 nitrogen and oxygen atoms in total. The van der Waals surface area contributed by atoms with Crippen LogP contribution in [0.2, 0.25) is 0 Å². The lowest BCUT2D eigenvalue weighted by Crippen LogP contribution is -2.66. The van der Waals surface area contributed by atoms with Gasteiger partial charge in [-0.25, -0.2) is 4.79 Å². The highest BCUT2D eigenvalue weighted by Crippen LogP contribution is 2.21. The van der Waals surface area contributed by atoms with Gasteiger partial charge in [-0.3, -0.25) is 4.79 Å². The van der Waals surface area contributed by atoms with Crippen molar-refractivity contribution in [2.75, 3.05) is 20.1 Å². The molecular formula is C9H15N3O3. The first-order chi connectivity index (χ1) is 7.06. The largest absolute Gasteiger partial charge is 0.352 e. The molecule has 3 amide bonds. The summed E-state index contributed by atoms with van der Waals surface area (Å²) in [6, 6.07) is -0.339. The van der Waals surface area contributed by atoms with Gasteiger partial charge >= 0.3 is 6.03 Å². The molecule has 1 aliphatic rings. The molecule has 0 aliphatic carbocycles. The molecule has 0 radical (unpaired) electrons. The lowest BCUT2D eigenvalue weighted by Gasteiger charge is -2.42. The van der Waals surface area contributed by atoms with E-state index in [1.54, 1.807) is 6.92 Å². The van der Waals surface area contributed by atoms with Crippen molar-refractivity contribution in [3.8, 4) is 0 Å². The van der Waals surface area contributed by atoms with E-state index in [1.807, 2.05) is 0 Å². The lowest BCUT2D eigenvalue weighted by atomic mass is 9.93. The maximum atomic E-state index is 11.6. The van der Waals surface area contributed by atoms with Crippen molar-refractivity contribution in [3.05, 3.63) is 0 Å². The van der Waals surface area contributed by atoms with Crippen molar-refractivity contribution in [1.29, 1.82) is 0 Å². The monoisotopic (exact) mass is 213 g/mol. The number of aldehydes is 1. The summed E-state index contributed by atoms with van der Waals surface area (Å²) >= 11 is 0. The van der Waals surface area contributed by atoms with Crippen LogP contribution in [0.5, 0.6) is 0 Å². The topological polar surface area (TPSA) is 78.5 Å². The molecule has 0 aromatic heterocycles. The maximum Gasteiger partial charge on any atom is 0.318 e. The fraction of sp³-hybridized carbons (Fsp3) is 0.667. The fourth-order valence-corrected chi connectivity index (χ4v) is 1.67. The van der Waals surface area contributed by atoms with E-state index in [4.69, 9.17) is 0 Å². The van der Waals surface area contributed by atoms with Gasteiger partial charge < -0.3 is 20.3 Å². The molecule has 1 saturated heterocycles. The van der Waals surface area contributed by atoms with Crippen LogP contribution in [0.3, 0.4) is 0 Å². The highest BCUT2D eigenvalue weighted by atomic mass is 16.2. The minimum atomic E-state index is -1.07. The molecule has 15 heavy (non-hydrogen) atoms. The summed E-state index contributed by atoms with van der Waals surface area (Å²) in [5.41, 5.74) is -1.07. The second-order valence-corrected chi connectivity index (χ2v) is 3.61. The van der Waals surface area contributed by atoms with E-state index >= 15 is 0 Å². The van der Waals surface area contributed by atoms with E-state index in [9.17, 15) is 14.4 Å². The van der Waals surface area contributed by atoms with Crippen LogP contribution < -0.4 is 10.6 Å². The van der Waals surface area contributed by atoms with Gasteiger partial charge in [0.15, 0.2) is 0 Å². The maximum absolute atomic E-state index is 11.6. The number of hydrogen-bond acceptors (Lipinski definition) is 3. The molecule has 1 aliphatic heterocycles. The number of hydrogen-bond donors (Lipinski definition) is 2. The second kappa shape index (κ2) is 4.29. The lowest BCUT2D eigenvalue weighted by molar-refractivity contribution is -0.136. The van der Waals surface area contributed by atoms with Crippen LogP contribution in [-0.4, -0.2) is 48.8 Å². The van der Waals surface area contributed by atoms with Crippen LogP contribution in [0.15, 0.2) is 0 Å². The van der Waals surface area contributed by atoms with Gasteiger partial charge in [0.25, 0.3) is 0 Å². The Kier molecular flexibility index (Phi) is 3.28. The zero-order valence-corrected chi connectivity index (χ0v) is 8.87. The quantitative estimate of drug-likeness (QED) is 0.584. The van der Waals surface area contributed by atoms with Crippen molar-refractivity contribution in [3.63, 3.8) is 0 Å². The van der Waals surface area contributed by atoms with E-state index in [0.29, 0.717) is 19.4 Å². The Labute approximate surface area is 88.0 Å². The van der Waals surface area contributed by atoms with E-state index in [0.717, 1.165) is 0 Å². The highest BCUT2D eigenvalue weighted by molar-refractivity contribution is 5.93. The van der Waals surface area contributed by atoms with Gasteiger partial charge in [0, 0.05) is 26.6 Å². The number of nitrogens with one attached hydrogen (secondary N) is 2. The Morgan fingerprint density at radius 1 is 1.73 bits per heavy atom. The molecule has 1 rings (SSSR count). The van der Waals surface area contributed by atoms with Gasteiger partial charge in [-0.05, 0) is 6.92 Å². The van der Waals surface area contributed by atoms with Crippen LogP contribution in [-0.2, 0) is 9.59 Å². The van der Waals surface area contributed by atoms with Crippen LogP contribution in [0.1, 0.15) is 13.3 Å². The molecule has 1 unspecified atom stereocenters. The molecule has 0 aromatic carbocycles. The van der Waals surface area contributed by atoms with Crippen molar-refractivity contribution in [2.45, 2.75) is 18.9 Å². The minimum Gasteiger partial charge on any atom is -0.352 e. The van der Waals surface area contributed by atoms with E-state index in [2.05, 4.69) is 10.6 Å². The zero-order chi connectivity index (χ0) is 11.5. The molecule has 84 valence electrons. The number of amides is 3. The second-order valence-electron chi connectivity index (χ2n) is 3.61. The van der Waals surface area contributed by atoms with Gasteiger partial charge in [-0.15, -0.1) is 0 Å². The first kappa shape index (κ1) is 11.5. The standard InChI is InChI=1S/C9H15N3O3/c1-9(3-6-13)7(14)11-4-5-12(9)8(15)10-2/h6H,3-5H2,1-2H3,(H,10,15)(H,11,14). The third-order valence-electron chi connectivity index (χ3n) is 2.65. The summed E-state index contributed by atoms with van der Waals surface area (Å²) in [5, 5.41) is 5.11. The summed E-state index contributed by atoms with van der Waals surface area (Å²) < 4.78 is 0. The van der Waals surface area contributed by atoms with Crippen molar-refractivity contribution in [1.82, 2.24) is 15.5 Å². The average molecular weight is 213 g/mol. The summed E-state index contributed by atoms with van der Waals surface area (Å²) in [6.45, 7) is 2.42. The first-order valence-corrected chi connectivity index (χ1v) is 4.77. The molecule has 0 saturated carbocycles. The Morgan fingerprint density at radius 2 is 2.40 bits per heavy atom. The van der Waals surface area contributed by atoms with Gasteiger partial charge in [-0.2, -0.15) is 0 Å². The van der Waals surface area contributed by atoms with Gasteiger partial charge in [-0.1, -0.05) is 0 Å². The Bertz CT molecular complexity index is 292. The summed E-state index contributed by atoms with van der Waals surface area (Å²) in [5.74, 6) is -0.288. The Balaban J connectivity index is 2.95. The van der Waals surface area contributed by atoms with Crippen LogP contribution in [0.4, 0.5) is 4.79 Å². The van der Waals surface area contributed by atoms with E-state index in [-0.39, 0.29) is 18.4 Å². The number of carbonyl (C=O) groups is 3. The normalized spacial score (nSPS) is 25.7. The number of rotatable bonds is 2. The zero-order valence-electron chi connectivity index (χ0n) is 8.87. The highest BCUT2D eigenvalue weighted by Gasteiger charge is 2.43. The number of carbonyl (C=O) groups excluding carboxylic acids is 3. The SMILES string of the molecule is CNC(=O)N1CCNC(=O)C1(C)CC=O. The summed E-state index contributed by atoms with van der Waals surface area (Å²) in [7, 11) is 1.50. The summed E-state index contributed by atoms with van der Waals surface area (Å²) in [6.07, 6.45) is 0.660. The number of piperazine rings is 1. The van der Waals surface area contributed by atoms with Crippen LogP contribution in [0.25, 0.3) is 0 Å². The predicted octanol–water partition coefficient (Wildman–Crippen LogP) is -0.895. The predicted molar refractivity (Wildman–Crippen MR) is 53.3 cm³/mol. The van der Waals surface area contributed by atoms with Gasteiger partial charge in [0.05, 0.1) is 0 Å². The molecule has 0 bridgehead atoms. The van der Waals surface area contributed by atoms with Crippen molar-refractivity contribution in [2.24, 2.45) is 0 Å². The van der Waals surface area contributed by atoms with E-state index < -0.39 is 5.54 Å². The van der Waals surface area contributed by atoms with Crippen LogP contribution >= 0.6 is 0 Å². The third-order valence-corrected chi connectivity index (χ3v) is 2.65.